The summed E-state index contributed by atoms with van der Waals surface area (Å²) in [6.45, 7) is 5.10. The molecule has 0 unspecified atom stereocenters. The first-order valence-electron chi connectivity index (χ1n) is 7.39. The summed E-state index contributed by atoms with van der Waals surface area (Å²) in [5, 5.41) is 3.96. The molecule has 4 heteroatoms. The van der Waals surface area contributed by atoms with Gasteiger partial charge in [0.2, 0.25) is 0 Å². The van der Waals surface area contributed by atoms with E-state index >= 15 is 0 Å². The Labute approximate surface area is 125 Å². The monoisotopic (exact) mass is 298 g/mol. The van der Waals surface area contributed by atoms with Crippen molar-refractivity contribution in [3.63, 3.8) is 0 Å². The number of rotatable bonds is 4. The van der Waals surface area contributed by atoms with Crippen molar-refractivity contribution in [1.82, 2.24) is 0 Å². The molecule has 0 atom stereocenters. The van der Waals surface area contributed by atoms with Crippen LogP contribution < -0.4 is 11.1 Å². The lowest BCUT2D eigenvalue weighted by atomic mass is 9.72. The minimum Gasteiger partial charge on any atom is -0.377 e. The maximum atomic E-state index is 13.4. The van der Waals surface area contributed by atoms with E-state index in [1.165, 1.54) is 12.1 Å². The lowest BCUT2D eigenvalue weighted by Gasteiger charge is -2.42. The van der Waals surface area contributed by atoms with Gasteiger partial charge in [0.25, 0.3) is 0 Å². The third-order valence-electron chi connectivity index (χ3n) is 4.65. The van der Waals surface area contributed by atoms with E-state index in [-0.39, 0.29) is 11.4 Å². The Hall–Kier alpha value is -0.800. The number of benzene rings is 1. The van der Waals surface area contributed by atoms with E-state index in [9.17, 15) is 4.39 Å². The van der Waals surface area contributed by atoms with Crippen LogP contribution in [0, 0.1) is 17.7 Å². The smallest absolute Gasteiger partial charge is 0.125 e. The molecular weight excluding hydrogens is 275 g/mol. The van der Waals surface area contributed by atoms with Crippen molar-refractivity contribution < 1.29 is 4.39 Å². The lowest BCUT2D eigenvalue weighted by molar-refractivity contribution is 0.213. The molecule has 1 aromatic rings. The number of nitrogens with one attached hydrogen (secondary N) is 1. The topological polar surface area (TPSA) is 38.0 Å². The number of anilines is 1. The van der Waals surface area contributed by atoms with Gasteiger partial charge in [-0.3, -0.25) is 0 Å². The summed E-state index contributed by atoms with van der Waals surface area (Å²) in [7, 11) is 0. The van der Waals surface area contributed by atoms with E-state index in [4.69, 9.17) is 17.3 Å². The maximum absolute atomic E-state index is 13.4. The van der Waals surface area contributed by atoms with Crippen LogP contribution in [0.25, 0.3) is 0 Å². The first-order valence-corrected chi connectivity index (χ1v) is 7.77. The van der Waals surface area contributed by atoms with Gasteiger partial charge in [-0.25, -0.2) is 4.39 Å². The van der Waals surface area contributed by atoms with Gasteiger partial charge in [0, 0.05) is 12.1 Å². The largest absolute Gasteiger partial charge is 0.377 e. The Morgan fingerprint density at radius 1 is 1.40 bits per heavy atom. The summed E-state index contributed by atoms with van der Waals surface area (Å²) in [6, 6.07) is 4.41. The fourth-order valence-corrected chi connectivity index (χ4v) is 3.28. The molecule has 0 saturated heterocycles. The van der Waals surface area contributed by atoms with Crippen LogP contribution in [0.15, 0.2) is 18.2 Å². The fraction of sp³-hybridized carbons (Fsp3) is 0.625. The van der Waals surface area contributed by atoms with Crippen molar-refractivity contribution in [2.75, 3.05) is 11.9 Å². The zero-order chi connectivity index (χ0) is 14.8. The van der Waals surface area contributed by atoms with Gasteiger partial charge >= 0.3 is 0 Å². The van der Waals surface area contributed by atoms with Crippen molar-refractivity contribution >= 4 is 17.3 Å². The molecule has 1 saturated carbocycles. The highest BCUT2D eigenvalue weighted by atomic mass is 35.5. The molecule has 1 aromatic carbocycles. The van der Waals surface area contributed by atoms with Crippen LogP contribution in [0.5, 0.6) is 0 Å². The summed E-state index contributed by atoms with van der Waals surface area (Å²) in [5.41, 5.74) is 6.50. The normalized spacial score (nSPS) is 26.8. The first-order chi connectivity index (χ1) is 9.46. The third kappa shape index (κ3) is 3.44. The van der Waals surface area contributed by atoms with Gasteiger partial charge in [-0.1, -0.05) is 25.4 Å². The standard InChI is InChI=1S/C16H24ClFN2/c1-11(2)12-5-7-16(10-19,8-6-12)20-15-9-13(18)3-4-14(15)17/h3-4,9,11-12,20H,5-8,10,19H2,1-2H3. The van der Waals surface area contributed by atoms with Crippen LogP contribution in [-0.4, -0.2) is 12.1 Å². The zero-order valence-electron chi connectivity index (χ0n) is 12.3. The maximum Gasteiger partial charge on any atom is 0.125 e. The van der Waals surface area contributed by atoms with Crippen molar-refractivity contribution in [2.24, 2.45) is 17.6 Å². The molecule has 2 rings (SSSR count). The van der Waals surface area contributed by atoms with Crippen LogP contribution in [0.1, 0.15) is 39.5 Å². The van der Waals surface area contributed by atoms with Gasteiger partial charge in [0.05, 0.1) is 10.7 Å². The molecule has 0 amide bonds. The molecule has 1 fully saturated rings. The average molecular weight is 299 g/mol. The molecule has 1 aliphatic carbocycles. The van der Waals surface area contributed by atoms with Gasteiger partial charge in [-0.15, -0.1) is 0 Å². The molecule has 112 valence electrons. The summed E-state index contributed by atoms with van der Waals surface area (Å²) < 4.78 is 13.4. The van der Waals surface area contributed by atoms with Crippen molar-refractivity contribution in [1.29, 1.82) is 0 Å². The van der Waals surface area contributed by atoms with E-state index in [2.05, 4.69) is 19.2 Å². The van der Waals surface area contributed by atoms with E-state index in [1.54, 1.807) is 6.07 Å². The van der Waals surface area contributed by atoms with E-state index in [0.717, 1.165) is 31.6 Å². The number of halogens is 2. The predicted octanol–water partition coefficient (Wildman–Crippen LogP) is 4.43. The summed E-state index contributed by atoms with van der Waals surface area (Å²) in [5.74, 6) is 1.20. The number of hydrogen-bond acceptors (Lipinski definition) is 2. The highest BCUT2D eigenvalue weighted by molar-refractivity contribution is 6.33. The summed E-state index contributed by atoms with van der Waals surface area (Å²) in [6.07, 6.45) is 4.35. The highest BCUT2D eigenvalue weighted by Crippen LogP contribution is 2.38. The Morgan fingerprint density at radius 2 is 2.05 bits per heavy atom. The van der Waals surface area contributed by atoms with Crippen LogP contribution in [0.2, 0.25) is 5.02 Å². The third-order valence-corrected chi connectivity index (χ3v) is 4.98. The second-order valence-corrected chi connectivity index (χ2v) is 6.72. The molecule has 0 spiro atoms. The lowest BCUT2D eigenvalue weighted by Crippen LogP contribution is -2.48. The Morgan fingerprint density at radius 3 is 2.60 bits per heavy atom. The Kier molecular flexibility index (Phi) is 4.92. The molecule has 0 aromatic heterocycles. The Balaban J connectivity index is 2.11. The molecule has 0 radical (unpaired) electrons. The summed E-state index contributed by atoms with van der Waals surface area (Å²) in [4.78, 5) is 0. The van der Waals surface area contributed by atoms with Crippen molar-refractivity contribution in [3.8, 4) is 0 Å². The average Bonchev–Trinajstić information content (AvgIpc) is 2.43. The molecule has 1 aliphatic rings. The van der Waals surface area contributed by atoms with Crippen molar-refractivity contribution in [3.05, 3.63) is 29.0 Å². The van der Waals surface area contributed by atoms with E-state index in [1.807, 2.05) is 0 Å². The van der Waals surface area contributed by atoms with E-state index < -0.39 is 0 Å². The molecule has 0 bridgehead atoms. The predicted molar refractivity (Wildman–Crippen MR) is 83.6 cm³/mol. The fourth-order valence-electron chi connectivity index (χ4n) is 3.12. The zero-order valence-corrected chi connectivity index (χ0v) is 13.0. The number of nitrogens with two attached hydrogens (primary N) is 1. The van der Waals surface area contributed by atoms with Gasteiger partial charge in [-0.2, -0.15) is 0 Å². The van der Waals surface area contributed by atoms with Crippen LogP contribution in [0.3, 0.4) is 0 Å². The van der Waals surface area contributed by atoms with Crippen molar-refractivity contribution in [2.45, 2.75) is 45.1 Å². The van der Waals surface area contributed by atoms with Gasteiger partial charge < -0.3 is 11.1 Å². The van der Waals surface area contributed by atoms with Gasteiger partial charge in [0.15, 0.2) is 0 Å². The second-order valence-electron chi connectivity index (χ2n) is 6.32. The highest BCUT2D eigenvalue weighted by Gasteiger charge is 2.35. The van der Waals surface area contributed by atoms with Crippen LogP contribution >= 0.6 is 11.6 Å². The van der Waals surface area contributed by atoms with E-state index in [0.29, 0.717) is 23.2 Å². The van der Waals surface area contributed by atoms with Crippen LogP contribution in [0.4, 0.5) is 10.1 Å². The second kappa shape index (κ2) is 6.31. The molecule has 0 aliphatic heterocycles. The minimum absolute atomic E-state index is 0.150. The van der Waals surface area contributed by atoms with Gasteiger partial charge in [-0.05, 0) is 55.7 Å². The Bertz CT molecular complexity index is 454. The van der Waals surface area contributed by atoms with Crippen LogP contribution in [-0.2, 0) is 0 Å². The molecule has 20 heavy (non-hydrogen) atoms. The molecule has 2 nitrogen and oxygen atoms in total. The molecule has 0 heterocycles. The SMILES string of the molecule is CC(C)C1CCC(CN)(Nc2cc(F)ccc2Cl)CC1. The minimum atomic E-state index is -0.278. The molecule has 3 N–H and O–H groups in total. The molecular formula is C16H24ClFN2. The number of hydrogen-bond donors (Lipinski definition) is 2. The van der Waals surface area contributed by atoms with Gasteiger partial charge in [0.1, 0.15) is 5.82 Å². The quantitative estimate of drug-likeness (QED) is 0.862. The summed E-state index contributed by atoms with van der Waals surface area (Å²) >= 11 is 6.14. The first kappa shape index (κ1) is 15.6.